The summed E-state index contributed by atoms with van der Waals surface area (Å²) < 4.78 is 23.4. The van der Waals surface area contributed by atoms with Gasteiger partial charge in [-0.25, -0.2) is 8.42 Å². The average molecular weight is 316 g/mol. The molecule has 2 aliphatic heterocycles. The van der Waals surface area contributed by atoms with E-state index in [-0.39, 0.29) is 12.1 Å². The quantitative estimate of drug-likeness (QED) is 0.795. The molecule has 1 aliphatic carbocycles. The van der Waals surface area contributed by atoms with Crippen molar-refractivity contribution in [1.29, 1.82) is 0 Å². The Labute approximate surface area is 128 Å². The Morgan fingerprint density at radius 2 is 1.71 bits per heavy atom. The number of hydrogen-bond donors (Lipinski definition) is 2. The van der Waals surface area contributed by atoms with Gasteiger partial charge in [0, 0.05) is 31.2 Å². The van der Waals surface area contributed by atoms with E-state index in [4.69, 9.17) is 0 Å². The van der Waals surface area contributed by atoms with Crippen LogP contribution in [0, 0.1) is 0 Å². The van der Waals surface area contributed by atoms with E-state index in [1.165, 1.54) is 0 Å². The Bertz CT molecular complexity index is 446. The Morgan fingerprint density at radius 3 is 2.33 bits per heavy atom. The molecule has 3 rings (SSSR count). The van der Waals surface area contributed by atoms with E-state index >= 15 is 0 Å². The van der Waals surface area contributed by atoms with Crippen molar-refractivity contribution in [2.45, 2.75) is 69.2 Å². The van der Waals surface area contributed by atoms with Gasteiger partial charge in [-0.1, -0.05) is 0 Å². The third-order valence-corrected chi connectivity index (χ3v) is 7.20. The molecule has 1 saturated carbocycles. The molecule has 0 aromatic carbocycles. The van der Waals surface area contributed by atoms with Crippen molar-refractivity contribution >= 4 is 9.84 Å². The fourth-order valence-corrected chi connectivity index (χ4v) is 5.88. The molecule has 2 saturated heterocycles. The molecule has 5 nitrogen and oxygen atoms in total. The van der Waals surface area contributed by atoms with Crippen LogP contribution < -0.4 is 5.32 Å². The summed E-state index contributed by atoms with van der Waals surface area (Å²) >= 11 is 0. The van der Waals surface area contributed by atoms with E-state index in [2.05, 4.69) is 10.2 Å². The largest absolute Gasteiger partial charge is 0.391 e. The van der Waals surface area contributed by atoms with Gasteiger partial charge in [-0.05, 0) is 44.9 Å². The SMILES string of the molecule is O=S1(=O)CCCC(NC2CCN(C3CCCC3O)CC2)C1. The molecule has 6 heteroatoms. The molecule has 0 aromatic heterocycles. The lowest BCUT2D eigenvalue weighted by atomic mass is 10.0. The van der Waals surface area contributed by atoms with Gasteiger partial charge in [0.1, 0.15) is 0 Å². The maximum atomic E-state index is 11.7. The number of rotatable bonds is 3. The van der Waals surface area contributed by atoms with Crippen LogP contribution in [0.2, 0.25) is 0 Å². The third-order valence-electron chi connectivity index (χ3n) is 5.38. The molecule has 0 spiro atoms. The topological polar surface area (TPSA) is 69.6 Å². The Balaban J connectivity index is 1.45. The molecular weight excluding hydrogens is 288 g/mol. The first-order valence-corrected chi connectivity index (χ1v) is 10.2. The van der Waals surface area contributed by atoms with Crippen molar-refractivity contribution in [3.8, 4) is 0 Å². The molecule has 122 valence electrons. The minimum absolute atomic E-state index is 0.141. The lowest BCUT2D eigenvalue weighted by molar-refractivity contribution is 0.0517. The molecule has 3 aliphatic rings. The number of aliphatic hydroxyl groups excluding tert-OH is 1. The monoisotopic (exact) mass is 316 g/mol. The predicted molar refractivity (Wildman–Crippen MR) is 83.1 cm³/mol. The molecular formula is C15H28N2O3S. The maximum absolute atomic E-state index is 11.7. The van der Waals surface area contributed by atoms with Gasteiger partial charge in [0.05, 0.1) is 17.6 Å². The van der Waals surface area contributed by atoms with Crippen molar-refractivity contribution in [2.24, 2.45) is 0 Å². The van der Waals surface area contributed by atoms with Gasteiger partial charge in [0.25, 0.3) is 0 Å². The molecule has 0 bridgehead atoms. The highest BCUT2D eigenvalue weighted by Gasteiger charge is 2.34. The summed E-state index contributed by atoms with van der Waals surface area (Å²) in [6, 6.07) is 0.955. The zero-order chi connectivity index (χ0) is 14.9. The van der Waals surface area contributed by atoms with E-state index in [1.54, 1.807) is 0 Å². The Hall–Kier alpha value is -0.170. The van der Waals surface area contributed by atoms with Gasteiger partial charge in [-0.15, -0.1) is 0 Å². The second-order valence-corrected chi connectivity index (χ2v) is 9.22. The molecule has 0 amide bonds. The van der Waals surface area contributed by atoms with Crippen LogP contribution in [0.5, 0.6) is 0 Å². The lowest BCUT2D eigenvalue weighted by Crippen LogP contribution is -2.52. The minimum atomic E-state index is -2.82. The van der Waals surface area contributed by atoms with Crippen molar-refractivity contribution in [3.63, 3.8) is 0 Å². The van der Waals surface area contributed by atoms with E-state index in [9.17, 15) is 13.5 Å². The summed E-state index contributed by atoms with van der Waals surface area (Å²) in [6.45, 7) is 2.05. The number of hydrogen-bond acceptors (Lipinski definition) is 5. The highest BCUT2D eigenvalue weighted by atomic mass is 32.2. The number of likely N-dealkylation sites (tertiary alicyclic amines) is 1. The number of sulfone groups is 1. The molecule has 3 unspecified atom stereocenters. The predicted octanol–water partition coefficient (Wildman–Crippen LogP) is 0.531. The molecule has 2 N–H and O–H groups in total. The van der Waals surface area contributed by atoms with Gasteiger partial charge in [0.2, 0.25) is 0 Å². The van der Waals surface area contributed by atoms with Crippen molar-refractivity contribution < 1.29 is 13.5 Å². The van der Waals surface area contributed by atoms with Gasteiger partial charge < -0.3 is 10.4 Å². The van der Waals surface area contributed by atoms with E-state index < -0.39 is 9.84 Å². The van der Waals surface area contributed by atoms with E-state index in [0.29, 0.717) is 23.6 Å². The first-order valence-electron chi connectivity index (χ1n) is 8.42. The fourth-order valence-electron chi connectivity index (χ4n) is 4.23. The maximum Gasteiger partial charge on any atom is 0.151 e. The number of piperidine rings is 1. The first-order chi connectivity index (χ1) is 10.0. The number of nitrogens with one attached hydrogen (secondary N) is 1. The van der Waals surface area contributed by atoms with Gasteiger partial charge >= 0.3 is 0 Å². The van der Waals surface area contributed by atoms with Crippen molar-refractivity contribution in [3.05, 3.63) is 0 Å². The van der Waals surface area contributed by atoms with Crippen LogP contribution >= 0.6 is 0 Å². The summed E-state index contributed by atoms with van der Waals surface area (Å²) in [5.41, 5.74) is 0. The van der Waals surface area contributed by atoms with Gasteiger partial charge in [-0.2, -0.15) is 0 Å². The van der Waals surface area contributed by atoms with Crippen LogP contribution in [-0.2, 0) is 9.84 Å². The van der Waals surface area contributed by atoms with Gasteiger partial charge in [0.15, 0.2) is 9.84 Å². The highest BCUT2D eigenvalue weighted by Crippen LogP contribution is 2.27. The lowest BCUT2D eigenvalue weighted by Gasteiger charge is -2.39. The summed E-state index contributed by atoms with van der Waals surface area (Å²) in [5, 5.41) is 13.6. The van der Waals surface area contributed by atoms with Crippen LogP contribution in [0.25, 0.3) is 0 Å². The zero-order valence-electron chi connectivity index (χ0n) is 12.7. The van der Waals surface area contributed by atoms with Crippen LogP contribution in [-0.4, -0.2) is 67.2 Å². The normalized spacial score (nSPS) is 38.6. The van der Waals surface area contributed by atoms with Crippen LogP contribution in [0.1, 0.15) is 44.9 Å². The molecule has 3 fully saturated rings. The summed E-state index contributed by atoms with van der Waals surface area (Å²) in [4.78, 5) is 2.44. The molecule has 0 radical (unpaired) electrons. The average Bonchev–Trinajstić information content (AvgIpc) is 2.85. The van der Waals surface area contributed by atoms with E-state index in [0.717, 1.165) is 58.0 Å². The summed E-state index contributed by atoms with van der Waals surface area (Å²) in [6.07, 6.45) is 7.00. The minimum Gasteiger partial charge on any atom is -0.391 e. The second-order valence-electron chi connectivity index (χ2n) is 7.00. The number of nitrogens with zero attached hydrogens (tertiary/aromatic N) is 1. The van der Waals surface area contributed by atoms with Gasteiger partial charge in [-0.3, -0.25) is 4.90 Å². The second kappa shape index (κ2) is 6.52. The molecule has 0 aromatic rings. The summed E-state index contributed by atoms with van der Waals surface area (Å²) in [5.74, 6) is 0.678. The Morgan fingerprint density at radius 1 is 0.952 bits per heavy atom. The van der Waals surface area contributed by atoms with Crippen molar-refractivity contribution in [1.82, 2.24) is 10.2 Å². The van der Waals surface area contributed by atoms with Crippen LogP contribution in [0.4, 0.5) is 0 Å². The first kappa shape index (κ1) is 15.7. The van der Waals surface area contributed by atoms with Crippen LogP contribution in [0.3, 0.4) is 0 Å². The van der Waals surface area contributed by atoms with Crippen LogP contribution in [0.15, 0.2) is 0 Å². The molecule has 3 atom stereocenters. The third kappa shape index (κ3) is 3.97. The zero-order valence-corrected chi connectivity index (χ0v) is 13.5. The number of aliphatic hydroxyl groups is 1. The molecule has 2 heterocycles. The van der Waals surface area contributed by atoms with E-state index in [1.807, 2.05) is 0 Å². The standard InChI is InChI=1S/C15H28N2O3S/c18-15-5-1-4-14(15)17-8-6-12(7-9-17)16-13-3-2-10-21(19,20)11-13/h12-16,18H,1-11H2. The Kier molecular flexibility index (Phi) is 4.88. The van der Waals surface area contributed by atoms with Crippen molar-refractivity contribution in [2.75, 3.05) is 24.6 Å². The highest BCUT2D eigenvalue weighted by molar-refractivity contribution is 7.91. The molecule has 21 heavy (non-hydrogen) atoms. The fraction of sp³-hybridized carbons (Fsp3) is 1.00. The smallest absolute Gasteiger partial charge is 0.151 e. The summed E-state index contributed by atoms with van der Waals surface area (Å²) in [7, 11) is -2.82.